The van der Waals surface area contributed by atoms with Crippen LogP contribution < -0.4 is 5.32 Å². The Labute approximate surface area is 117 Å². The summed E-state index contributed by atoms with van der Waals surface area (Å²) in [6.45, 7) is 7.95. The van der Waals surface area contributed by atoms with Crippen LogP contribution in [0.3, 0.4) is 0 Å². The molecule has 1 aliphatic rings. The second-order valence-electron chi connectivity index (χ2n) is 6.48. The summed E-state index contributed by atoms with van der Waals surface area (Å²) in [7, 11) is 0. The van der Waals surface area contributed by atoms with Crippen LogP contribution in [-0.4, -0.2) is 16.5 Å². The summed E-state index contributed by atoms with van der Waals surface area (Å²) in [6, 6.07) is 0. The first-order chi connectivity index (χ1) is 9.12. The highest BCUT2D eigenvalue weighted by molar-refractivity contribution is 5.48. The summed E-state index contributed by atoms with van der Waals surface area (Å²) in [6.07, 6.45) is 10.4. The normalized spacial score (nSPS) is 14.5. The van der Waals surface area contributed by atoms with Gasteiger partial charge in [-0.25, -0.2) is 9.97 Å². The molecule has 0 aromatic carbocycles. The first-order valence-electron chi connectivity index (χ1n) is 7.69. The van der Waals surface area contributed by atoms with E-state index in [2.05, 4.69) is 36.1 Å². The molecule has 0 spiro atoms. The first kappa shape index (κ1) is 14.3. The van der Waals surface area contributed by atoms with Crippen molar-refractivity contribution in [1.82, 2.24) is 9.97 Å². The summed E-state index contributed by atoms with van der Waals surface area (Å²) in [5.74, 6) is 1.08. The fourth-order valence-corrected chi connectivity index (χ4v) is 2.78. The third-order valence-electron chi connectivity index (χ3n) is 4.07. The van der Waals surface area contributed by atoms with Gasteiger partial charge in [-0.05, 0) is 31.1 Å². The summed E-state index contributed by atoms with van der Waals surface area (Å²) in [5, 5.41) is 3.56. The van der Waals surface area contributed by atoms with Crippen molar-refractivity contribution < 1.29 is 0 Å². The predicted molar refractivity (Wildman–Crippen MR) is 80.5 cm³/mol. The molecule has 106 valence electrons. The van der Waals surface area contributed by atoms with E-state index in [0.29, 0.717) is 5.41 Å². The zero-order valence-corrected chi connectivity index (χ0v) is 12.6. The number of fused-ring (bicyclic) bond motifs is 1. The molecule has 0 amide bonds. The Balaban J connectivity index is 1.90. The third kappa shape index (κ3) is 3.92. The van der Waals surface area contributed by atoms with Gasteiger partial charge in [0, 0.05) is 17.8 Å². The summed E-state index contributed by atoms with van der Waals surface area (Å²) < 4.78 is 0. The maximum atomic E-state index is 4.43. The average molecular weight is 261 g/mol. The number of hydrogen-bond acceptors (Lipinski definition) is 3. The van der Waals surface area contributed by atoms with Gasteiger partial charge in [0.25, 0.3) is 0 Å². The van der Waals surface area contributed by atoms with E-state index in [0.717, 1.165) is 25.2 Å². The molecular weight excluding hydrogens is 234 g/mol. The van der Waals surface area contributed by atoms with E-state index in [-0.39, 0.29) is 0 Å². The molecule has 0 radical (unpaired) electrons. The largest absolute Gasteiger partial charge is 0.369 e. The Morgan fingerprint density at radius 3 is 2.84 bits per heavy atom. The van der Waals surface area contributed by atoms with E-state index < -0.39 is 0 Å². The highest BCUT2D eigenvalue weighted by Gasteiger charge is 2.20. The molecular formula is C16H27N3. The van der Waals surface area contributed by atoms with Crippen molar-refractivity contribution in [2.24, 2.45) is 5.41 Å². The number of unbranched alkanes of at least 4 members (excludes halogenated alkanes) is 2. The van der Waals surface area contributed by atoms with E-state index in [4.69, 9.17) is 0 Å². The molecule has 1 heterocycles. The number of anilines is 1. The molecule has 1 aromatic heterocycles. The Morgan fingerprint density at radius 2 is 2.05 bits per heavy atom. The van der Waals surface area contributed by atoms with Crippen molar-refractivity contribution in [3.63, 3.8) is 0 Å². The van der Waals surface area contributed by atoms with Crippen LogP contribution in [0.4, 0.5) is 5.82 Å². The van der Waals surface area contributed by atoms with Crippen molar-refractivity contribution in [3.05, 3.63) is 17.6 Å². The van der Waals surface area contributed by atoms with Crippen LogP contribution in [0.5, 0.6) is 0 Å². The second kappa shape index (κ2) is 6.36. The molecule has 1 N–H and O–H groups in total. The number of aromatic nitrogens is 2. The van der Waals surface area contributed by atoms with Gasteiger partial charge in [-0.1, -0.05) is 40.0 Å². The molecule has 0 unspecified atom stereocenters. The SMILES string of the molecule is CCCCCC(C)(C)CNc1ncnc2c1CCC2. The Hall–Kier alpha value is -1.12. The zero-order valence-electron chi connectivity index (χ0n) is 12.6. The topological polar surface area (TPSA) is 37.8 Å². The molecule has 0 aliphatic heterocycles. The minimum absolute atomic E-state index is 0.339. The summed E-state index contributed by atoms with van der Waals surface area (Å²) >= 11 is 0. The monoisotopic (exact) mass is 261 g/mol. The molecule has 1 aromatic rings. The van der Waals surface area contributed by atoms with Crippen LogP contribution in [0.1, 0.15) is 64.1 Å². The van der Waals surface area contributed by atoms with E-state index in [1.165, 1.54) is 43.4 Å². The minimum Gasteiger partial charge on any atom is -0.369 e. The molecule has 19 heavy (non-hydrogen) atoms. The summed E-state index contributed by atoms with van der Waals surface area (Å²) in [5.41, 5.74) is 2.94. The lowest BCUT2D eigenvalue weighted by Crippen LogP contribution is -2.24. The highest BCUT2D eigenvalue weighted by Crippen LogP contribution is 2.28. The van der Waals surface area contributed by atoms with Gasteiger partial charge in [-0.15, -0.1) is 0 Å². The Kier molecular flexibility index (Phi) is 4.78. The number of hydrogen-bond donors (Lipinski definition) is 1. The zero-order chi connectivity index (χ0) is 13.7. The average Bonchev–Trinajstić information content (AvgIpc) is 2.85. The lowest BCUT2D eigenvalue weighted by atomic mass is 9.87. The molecule has 0 fully saturated rings. The quantitative estimate of drug-likeness (QED) is 0.754. The van der Waals surface area contributed by atoms with Gasteiger partial charge in [0.2, 0.25) is 0 Å². The molecule has 0 saturated heterocycles. The van der Waals surface area contributed by atoms with Crippen molar-refractivity contribution in [1.29, 1.82) is 0 Å². The first-order valence-corrected chi connectivity index (χ1v) is 7.69. The molecule has 0 atom stereocenters. The van der Waals surface area contributed by atoms with Crippen LogP contribution in [0, 0.1) is 5.41 Å². The molecule has 0 saturated carbocycles. The van der Waals surface area contributed by atoms with Crippen LogP contribution in [0.25, 0.3) is 0 Å². The highest BCUT2D eigenvalue weighted by atomic mass is 15.0. The lowest BCUT2D eigenvalue weighted by Gasteiger charge is -2.25. The van der Waals surface area contributed by atoms with Crippen LogP contribution in [-0.2, 0) is 12.8 Å². The second-order valence-corrected chi connectivity index (χ2v) is 6.48. The van der Waals surface area contributed by atoms with E-state index in [1.54, 1.807) is 6.33 Å². The Morgan fingerprint density at radius 1 is 1.21 bits per heavy atom. The fourth-order valence-electron chi connectivity index (χ4n) is 2.78. The Bertz CT molecular complexity index is 412. The van der Waals surface area contributed by atoms with E-state index in [1.807, 2.05) is 0 Å². The maximum absolute atomic E-state index is 4.43. The number of nitrogens with one attached hydrogen (secondary N) is 1. The lowest BCUT2D eigenvalue weighted by molar-refractivity contribution is 0.342. The minimum atomic E-state index is 0.339. The molecule has 3 nitrogen and oxygen atoms in total. The number of nitrogens with zero attached hydrogens (tertiary/aromatic N) is 2. The fraction of sp³-hybridized carbons (Fsp3) is 0.750. The third-order valence-corrected chi connectivity index (χ3v) is 4.07. The molecule has 3 heteroatoms. The summed E-state index contributed by atoms with van der Waals surface area (Å²) in [4.78, 5) is 8.80. The van der Waals surface area contributed by atoms with Gasteiger partial charge in [-0.3, -0.25) is 0 Å². The molecule has 1 aliphatic carbocycles. The standard InChI is InChI=1S/C16H27N3/c1-4-5-6-10-16(2,3)11-17-15-13-8-7-9-14(13)18-12-19-15/h12H,4-11H2,1-3H3,(H,17,18,19). The number of aryl methyl sites for hydroxylation is 1. The van der Waals surface area contributed by atoms with Crippen LogP contribution >= 0.6 is 0 Å². The van der Waals surface area contributed by atoms with Crippen molar-refractivity contribution >= 4 is 5.82 Å². The smallest absolute Gasteiger partial charge is 0.132 e. The predicted octanol–water partition coefficient (Wildman–Crippen LogP) is 3.98. The molecule has 0 bridgehead atoms. The molecule has 2 rings (SSSR count). The van der Waals surface area contributed by atoms with Gasteiger partial charge in [-0.2, -0.15) is 0 Å². The van der Waals surface area contributed by atoms with Crippen LogP contribution in [0.2, 0.25) is 0 Å². The van der Waals surface area contributed by atoms with E-state index in [9.17, 15) is 0 Å². The van der Waals surface area contributed by atoms with Gasteiger partial charge in [0.1, 0.15) is 12.1 Å². The van der Waals surface area contributed by atoms with Crippen molar-refractivity contribution in [2.45, 2.75) is 65.7 Å². The van der Waals surface area contributed by atoms with Crippen LogP contribution in [0.15, 0.2) is 6.33 Å². The number of rotatable bonds is 7. The van der Waals surface area contributed by atoms with Gasteiger partial charge < -0.3 is 5.32 Å². The van der Waals surface area contributed by atoms with Crippen molar-refractivity contribution in [3.8, 4) is 0 Å². The van der Waals surface area contributed by atoms with Crippen molar-refractivity contribution in [2.75, 3.05) is 11.9 Å². The van der Waals surface area contributed by atoms with Gasteiger partial charge in [0.15, 0.2) is 0 Å². The van der Waals surface area contributed by atoms with Gasteiger partial charge in [0.05, 0.1) is 0 Å². The van der Waals surface area contributed by atoms with E-state index >= 15 is 0 Å². The van der Waals surface area contributed by atoms with Gasteiger partial charge >= 0.3 is 0 Å². The maximum Gasteiger partial charge on any atom is 0.132 e.